The number of ketones is 2. The van der Waals surface area contributed by atoms with Gasteiger partial charge in [0.15, 0.2) is 12.4 Å². The summed E-state index contributed by atoms with van der Waals surface area (Å²) < 4.78 is 16.1. The van der Waals surface area contributed by atoms with Gasteiger partial charge in [-0.2, -0.15) is 0 Å². The number of hydrogen-bond acceptors (Lipinski definition) is 7. The van der Waals surface area contributed by atoms with Crippen molar-refractivity contribution in [3.63, 3.8) is 0 Å². The van der Waals surface area contributed by atoms with Crippen molar-refractivity contribution in [1.29, 1.82) is 0 Å². The van der Waals surface area contributed by atoms with Crippen LogP contribution in [0.15, 0.2) is 11.6 Å². The number of halogens is 1. The molecule has 0 aliphatic heterocycles. The van der Waals surface area contributed by atoms with Gasteiger partial charge in [0, 0.05) is 31.3 Å². The lowest BCUT2D eigenvalue weighted by Crippen LogP contribution is -2.70. The van der Waals surface area contributed by atoms with E-state index in [1.54, 1.807) is 0 Å². The molecular weight excluding hydrogens is 516 g/mol. The minimum atomic E-state index is -1.25. The first-order valence-corrected chi connectivity index (χ1v) is 13.5. The first-order chi connectivity index (χ1) is 16.3. The number of allylic oxidation sites excluding steroid dienone is 1. The summed E-state index contributed by atoms with van der Waals surface area (Å²) in [4.78, 5) is 37.7. The molecule has 0 spiro atoms. The number of ether oxygens (including phenoxy) is 3. The highest BCUT2D eigenvalue weighted by atomic mass is 79.9. The molecule has 9 atom stereocenters. The van der Waals surface area contributed by atoms with Gasteiger partial charge in [-0.3, -0.25) is 14.4 Å². The second kappa shape index (κ2) is 9.03. The Kier molecular flexibility index (Phi) is 6.96. The summed E-state index contributed by atoms with van der Waals surface area (Å²) in [5.74, 6) is -0.462. The maximum Gasteiger partial charge on any atom is 0.303 e. The summed E-state index contributed by atoms with van der Waals surface area (Å²) in [5, 5.41) is 11.9. The second-order valence-corrected chi connectivity index (χ2v) is 13.1. The molecule has 3 saturated carbocycles. The standard InChI is InChI=1S/C27H39BrO7/c1-15-9-21-20-10-16(2)27(35-14-33-6,23(32)13-34-17(3)29)25(20,5)12-22(31)26(21,28)24(4)8-7-18(30)11-19(15)24/h11,15-16,20-22,31H,7-10,12-14H2,1-6H3/t15?,16?,20-,21-,22?,24-,25-,26-,27-/m0/s1. The van der Waals surface area contributed by atoms with Crippen LogP contribution in [0.1, 0.15) is 66.7 Å². The van der Waals surface area contributed by atoms with E-state index in [4.69, 9.17) is 14.2 Å². The van der Waals surface area contributed by atoms with Crippen LogP contribution in [-0.4, -0.2) is 59.2 Å². The normalized spacial score (nSPS) is 46.8. The molecule has 0 aromatic carbocycles. The number of methoxy groups -OCH3 is 1. The van der Waals surface area contributed by atoms with Crippen molar-refractivity contribution in [2.75, 3.05) is 20.5 Å². The number of aliphatic hydroxyl groups excluding tert-OH is 1. The molecule has 0 saturated heterocycles. The Hall–Kier alpha value is -1.09. The molecule has 3 fully saturated rings. The van der Waals surface area contributed by atoms with Gasteiger partial charge in [-0.05, 0) is 55.4 Å². The van der Waals surface area contributed by atoms with E-state index in [2.05, 4.69) is 36.7 Å². The number of hydrogen-bond donors (Lipinski definition) is 1. The largest absolute Gasteiger partial charge is 0.458 e. The molecule has 0 aromatic heterocycles. The number of rotatable bonds is 6. The lowest BCUT2D eigenvalue weighted by atomic mass is 9.43. The minimum Gasteiger partial charge on any atom is -0.458 e. The molecule has 4 aliphatic carbocycles. The molecule has 0 aromatic rings. The van der Waals surface area contributed by atoms with E-state index in [0.29, 0.717) is 19.3 Å². The van der Waals surface area contributed by atoms with Gasteiger partial charge in [-0.1, -0.05) is 49.2 Å². The molecule has 0 amide bonds. The number of fused-ring (bicyclic) bond motifs is 5. The van der Waals surface area contributed by atoms with Gasteiger partial charge in [0.05, 0.1) is 10.4 Å². The van der Waals surface area contributed by atoms with Crippen LogP contribution in [-0.2, 0) is 28.6 Å². The van der Waals surface area contributed by atoms with E-state index in [-0.39, 0.29) is 54.1 Å². The Labute approximate surface area is 216 Å². The first kappa shape index (κ1) is 27.0. The van der Waals surface area contributed by atoms with Crippen molar-refractivity contribution in [1.82, 2.24) is 0 Å². The van der Waals surface area contributed by atoms with Crippen molar-refractivity contribution in [3.8, 4) is 0 Å². The Bertz CT molecular complexity index is 948. The van der Waals surface area contributed by atoms with Gasteiger partial charge in [-0.25, -0.2) is 0 Å². The summed E-state index contributed by atoms with van der Waals surface area (Å²) in [6, 6.07) is 0. The van der Waals surface area contributed by atoms with Gasteiger partial charge in [0.2, 0.25) is 5.78 Å². The van der Waals surface area contributed by atoms with Crippen LogP contribution in [0.25, 0.3) is 0 Å². The molecule has 35 heavy (non-hydrogen) atoms. The predicted octanol–water partition coefficient (Wildman–Crippen LogP) is 3.99. The van der Waals surface area contributed by atoms with Crippen LogP contribution in [0.2, 0.25) is 0 Å². The number of alkyl halides is 1. The molecule has 0 bridgehead atoms. The predicted molar refractivity (Wildman–Crippen MR) is 133 cm³/mol. The smallest absolute Gasteiger partial charge is 0.303 e. The molecule has 0 heterocycles. The molecular formula is C27H39BrO7. The number of carbonyl (C=O) groups excluding carboxylic acids is 3. The fraction of sp³-hybridized carbons (Fsp3) is 0.815. The van der Waals surface area contributed by atoms with E-state index in [9.17, 15) is 19.5 Å². The van der Waals surface area contributed by atoms with Crippen molar-refractivity contribution < 1.29 is 33.7 Å². The zero-order chi connectivity index (χ0) is 26.0. The third-order valence-electron chi connectivity index (χ3n) is 10.1. The highest BCUT2D eigenvalue weighted by Crippen LogP contribution is 2.73. The van der Waals surface area contributed by atoms with E-state index < -0.39 is 27.4 Å². The Balaban J connectivity index is 1.82. The van der Waals surface area contributed by atoms with Crippen LogP contribution in [0.4, 0.5) is 0 Å². The molecule has 1 N–H and O–H groups in total. The average Bonchev–Trinajstić information content (AvgIpc) is 3.01. The van der Waals surface area contributed by atoms with E-state index in [1.807, 2.05) is 13.0 Å². The highest BCUT2D eigenvalue weighted by molar-refractivity contribution is 9.10. The van der Waals surface area contributed by atoms with Crippen molar-refractivity contribution in [2.45, 2.75) is 82.8 Å². The summed E-state index contributed by atoms with van der Waals surface area (Å²) in [6.45, 7) is 9.29. The second-order valence-electron chi connectivity index (χ2n) is 11.8. The number of aliphatic hydroxyl groups is 1. The maximum atomic E-state index is 13.8. The van der Waals surface area contributed by atoms with Crippen LogP contribution in [0, 0.1) is 34.5 Å². The first-order valence-electron chi connectivity index (χ1n) is 12.7. The van der Waals surface area contributed by atoms with E-state index >= 15 is 0 Å². The Morgan fingerprint density at radius 3 is 2.51 bits per heavy atom. The molecule has 4 aliphatic rings. The summed E-state index contributed by atoms with van der Waals surface area (Å²) in [7, 11) is 1.52. The van der Waals surface area contributed by atoms with Gasteiger partial charge < -0.3 is 19.3 Å². The summed E-state index contributed by atoms with van der Waals surface area (Å²) in [5.41, 5.74) is -1.18. The lowest BCUT2D eigenvalue weighted by Gasteiger charge is -2.66. The molecule has 196 valence electrons. The molecule has 3 unspecified atom stereocenters. The third kappa shape index (κ3) is 3.57. The van der Waals surface area contributed by atoms with Gasteiger partial charge in [0.1, 0.15) is 12.4 Å². The number of esters is 1. The molecule has 0 radical (unpaired) electrons. The van der Waals surface area contributed by atoms with Crippen LogP contribution in [0.5, 0.6) is 0 Å². The average molecular weight is 556 g/mol. The van der Waals surface area contributed by atoms with Crippen molar-refractivity contribution in [2.24, 2.45) is 34.5 Å². The topological polar surface area (TPSA) is 99.1 Å². The van der Waals surface area contributed by atoms with Gasteiger partial charge in [0.25, 0.3) is 0 Å². The van der Waals surface area contributed by atoms with Gasteiger partial charge >= 0.3 is 5.97 Å². The lowest BCUT2D eigenvalue weighted by molar-refractivity contribution is -0.221. The SMILES string of the molecule is COCO[C@]1(C(=O)COC(C)=O)C(C)C[C@H]2[C@@H]3CC(C)C4=CC(=O)CC[C@]4(C)[C@@]3(Br)C(O)C[C@@]21C. The number of Topliss-reactive ketones (excluding diaryl/α,β-unsaturated/α-hetero) is 1. The zero-order valence-corrected chi connectivity index (χ0v) is 23.3. The third-order valence-corrected chi connectivity index (χ3v) is 12.1. The van der Waals surface area contributed by atoms with Crippen molar-refractivity contribution in [3.05, 3.63) is 11.6 Å². The van der Waals surface area contributed by atoms with Crippen LogP contribution >= 0.6 is 15.9 Å². The van der Waals surface area contributed by atoms with Crippen molar-refractivity contribution >= 4 is 33.5 Å². The molecule has 7 nitrogen and oxygen atoms in total. The minimum absolute atomic E-state index is 0.0677. The quantitative estimate of drug-likeness (QED) is 0.301. The molecule has 4 rings (SSSR count). The molecule has 8 heteroatoms. The van der Waals surface area contributed by atoms with E-state index in [1.165, 1.54) is 14.0 Å². The highest BCUT2D eigenvalue weighted by Gasteiger charge is 2.76. The monoisotopic (exact) mass is 554 g/mol. The van der Waals surface area contributed by atoms with Gasteiger partial charge in [-0.15, -0.1) is 0 Å². The Morgan fingerprint density at radius 2 is 1.89 bits per heavy atom. The summed E-state index contributed by atoms with van der Waals surface area (Å²) in [6.07, 6.45) is 4.13. The Morgan fingerprint density at radius 1 is 1.20 bits per heavy atom. The van der Waals surface area contributed by atoms with Crippen LogP contribution in [0.3, 0.4) is 0 Å². The van der Waals surface area contributed by atoms with E-state index in [0.717, 1.165) is 18.4 Å². The summed E-state index contributed by atoms with van der Waals surface area (Å²) >= 11 is 4.12. The van der Waals surface area contributed by atoms with Crippen LogP contribution < -0.4 is 0 Å². The fourth-order valence-corrected chi connectivity index (χ4v) is 9.79. The fourth-order valence-electron chi connectivity index (χ4n) is 8.70. The maximum absolute atomic E-state index is 13.8. The number of carbonyl (C=O) groups is 3. The zero-order valence-electron chi connectivity index (χ0n) is 21.7.